The van der Waals surface area contributed by atoms with Crippen LogP contribution in [0.3, 0.4) is 0 Å². The van der Waals surface area contributed by atoms with Crippen LogP contribution in [-0.4, -0.2) is 25.9 Å². The number of amides is 1. The number of ether oxygens (including phenoxy) is 2. The quantitative estimate of drug-likeness (QED) is 0.561. The van der Waals surface area contributed by atoms with Gasteiger partial charge in [-0.1, -0.05) is 0 Å². The summed E-state index contributed by atoms with van der Waals surface area (Å²) in [5, 5.41) is 0. The lowest BCUT2D eigenvalue weighted by molar-refractivity contribution is -0.114. The number of hydrogen-bond acceptors (Lipinski definition) is 4. The molecular formula is C17H14INO4. The summed E-state index contributed by atoms with van der Waals surface area (Å²) in [6.45, 7) is 0.283. The van der Waals surface area contributed by atoms with Crippen LogP contribution in [0.25, 0.3) is 0 Å². The second-order valence-corrected chi connectivity index (χ2v) is 6.35. The van der Waals surface area contributed by atoms with E-state index < -0.39 is 11.7 Å². The Hall–Kier alpha value is -2.09. The number of rotatable bonds is 4. The molecule has 0 atom stereocenters. The van der Waals surface area contributed by atoms with Crippen molar-refractivity contribution in [1.29, 1.82) is 0 Å². The lowest BCUT2D eigenvalue weighted by atomic mass is 10.1. The molecule has 0 spiro atoms. The van der Waals surface area contributed by atoms with Gasteiger partial charge in [0.15, 0.2) is 0 Å². The molecule has 2 aromatic carbocycles. The van der Waals surface area contributed by atoms with Gasteiger partial charge in [-0.15, -0.1) is 0 Å². The molecule has 0 unspecified atom stereocenters. The first-order valence-electron chi connectivity index (χ1n) is 6.91. The number of carbonyl (C=O) groups excluding carboxylic acids is 2. The van der Waals surface area contributed by atoms with Crippen LogP contribution >= 0.6 is 22.6 Å². The van der Waals surface area contributed by atoms with E-state index in [1.807, 2.05) is 18.2 Å². The number of nitrogens with zero attached hydrogens (tertiary/aromatic N) is 1. The smallest absolute Gasteiger partial charge is 0.299 e. The molecule has 1 aliphatic rings. The van der Waals surface area contributed by atoms with E-state index in [9.17, 15) is 9.59 Å². The molecule has 0 saturated carbocycles. The third-order valence-corrected chi connectivity index (χ3v) is 4.36. The van der Waals surface area contributed by atoms with Crippen molar-refractivity contribution >= 4 is 40.0 Å². The zero-order valence-corrected chi connectivity index (χ0v) is 14.8. The molecule has 0 aromatic heterocycles. The first-order chi connectivity index (χ1) is 11.0. The highest BCUT2D eigenvalue weighted by Gasteiger charge is 2.35. The van der Waals surface area contributed by atoms with Gasteiger partial charge < -0.3 is 14.4 Å². The molecule has 0 N–H and O–H groups in total. The highest BCUT2D eigenvalue weighted by molar-refractivity contribution is 14.1. The maximum atomic E-state index is 12.3. The van der Waals surface area contributed by atoms with Gasteiger partial charge in [0, 0.05) is 9.64 Å². The number of hydrogen-bond donors (Lipinski definition) is 0. The maximum Gasteiger partial charge on any atom is 0.299 e. The molecule has 1 amide bonds. The lowest BCUT2D eigenvalue weighted by Crippen LogP contribution is -2.29. The van der Waals surface area contributed by atoms with Crippen LogP contribution in [0.2, 0.25) is 0 Å². The van der Waals surface area contributed by atoms with Gasteiger partial charge in [-0.05, 0) is 58.5 Å². The molecule has 1 aliphatic heterocycles. The van der Waals surface area contributed by atoms with Crippen LogP contribution in [0, 0.1) is 3.57 Å². The third-order valence-electron chi connectivity index (χ3n) is 3.69. The van der Waals surface area contributed by atoms with Gasteiger partial charge in [-0.3, -0.25) is 9.59 Å². The summed E-state index contributed by atoms with van der Waals surface area (Å²) >= 11 is 2.12. The summed E-state index contributed by atoms with van der Waals surface area (Å²) in [7, 11) is 3.14. The summed E-state index contributed by atoms with van der Waals surface area (Å²) in [5.74, 6) is 0.303. The molecule has 2 aromatic rings. The Morgan fingerprint density at radius 2 is 1.65 bits per heavy atom. The summed E-state index contributed by atoms with van der Waals surface area (Å²) in [5.41, 5.74) is 1.92. The van der Waals surface area contributed by atoms with E-state index in [0.717, 1.165) is 9.13 Å². The summed E-state index contributed by atoms with van der Waals surface area (Å²) in [6, 6.07) is 10.8. The average Bonchev–Trinajstić information content (AvgIpc) is 2.79. The molecule has 23 heavy (non-hydrogen) atoms. The Morgan fingerprint density at radius 3 is 2.26 bits per heavy atom. The van der Waals surface area contributed by atoms with Gasteiger partial charge in [0.1, 0.15) is 11.5 Å². The monoisotopic (exact) mass is 423 g/mol. The first kappa shape index (κ1) is 15.8. The largest absolute Gasteiger partial charge is 0.497 e. The van der Waals surface area contributed by atoms with Crippen molar-refractivity contribution in [3.05, 3.63) is 51.1 Å². The average molecular weight is 423 g/mol. The van der Waals surface area contributed by atoms with Gasteiger partial charge in [0.05, 0.1) is 32.0 Å². The minimum absolute atomic E-state index is 0.283. The van der Waals surface area contributed by atoms with Crippen LogP contribution < -0.4 is 14.4 Å². The minimum Gasteiger partial charge on any atom is -0.497 e. The van der Waals surface area contributed by atoms with Crippen molar-refractivity contribution in [1.82, 2.24) is 0 Å². The number of benzene rings is 2. The topological polar surface area (TPSA) is 55.8 Å². The fraction of sp³-hybridized carbons (Fsp3) is 0.176. The third kappa shape index (κ3) is 2.90. The fourth-order valence-corrected chi connectivity index (χ4v) is 3.06. The summed E-state index contributed by atoms with van der Waals surface area (Å²) in [4.78, 5) is 25.9. The van der Waals surface area contributed by atoms with E-state index in [1.165, 1.54) is 4.90 Å². The normalized spacial score (nSPS) is 13.3. The highest BCUT2D eigenvalue weighted by Crippen LogP contribution is 2.32. The second kappa shape index (κ2) is 6.19. The summed E-state index contributed by atoms with van der Waals surface area (Å²) < 4.78 is 11.4. The van der Waals surface area contributed by atoms with E-state index in [0.29, 0.717) is 22.7 Å². The van der Waals surface area contributed by atoms with Crippen molar-refractivity contribution < 1.29 is 19.1 Å². The standard InChI is InChI=1S/C17H14INO4/c1-22-12-5-10(6-13(8-12)23-2)9-19-15-4-3-11(18)7-14(15)16(20)17(19)21/h3-8H,9H2,1-2H3. The Balaban J connectivity index is 1.98. The predicted molar refractivity (Wildman–Crippen MR) is 94.2 cm³/mol. The number of ketones is 1. The lowest BCUT2D eigenvalue weighted by Gasteiger charge is -2.17. The molecule has 118 valence electrons. The SMILES string of the molecule is COc1cc(CN2C(=O)C(=O)c3cc(I)ccc32)cc(OC)c1. The zero-order valence-electron chi connectivity index (χ0n) is 12.6. The molecule has 0 bridgehead atoms. The van der Waals surface area contributed by atoms with Crippen molar-refractivity contribution in [3.63, 3.8) is 0 Å². The van der Waals surface area contributed by atoms with Crippen molar-refractivity contribution in [2.75, 3.05) is 19.1 Å². The van der Waals surface area contributed by atoms with E-state index in [-0.39, 0.29) is 6.54 Å². The van der Waals surface area contributed by atoms with E-state index in [1.54, 1.807) is 32.4 Å². The molecule has 6 heteroatoms. The molecule has 1 heterocycles. The molecule has 0 saturated heterocycles. The van der Waals surface area contributed by atoms with Gasteiger partial charge >= 0.3 is 0 Å². The molecule has 3 rings (SSSR count). The Morgan fingerprint density at radius 1 is 1.00 bits per heavy atom. The molecule has 0 radical (unpaired) electrons. The Kier molecular flexibility index (Phi) is 4.25. The van der Waals surface area contributed by atoms with E-state index in [4.69, 9.17) is 9.47 Å². The van der Waals surface area contributed by atoms with Crippen LogP contribution in [0.4, 0.5) is 5.69 Å². The van der Waals surface area contributed by atoms with Gasteiger partial charge in [-0.25, -0.2) is 0 Å². The summed E-state index contributed by atoms with van der Waals surface area (Å²) in [6.07, 6.45) is 0. The number of halogens is 1. The maximum absolute atomic E-state index is 12.3. The van der Waals surface area contributed by atoms with E-state index >= 15 is 0 Å². The number of anilines is 1. The van der Waals surface area contributed by atoms with Crippen LogP contribution in [0.5, 0.6) is 11.5 Å². The van der Waals surface area contributed by atoms with Crippen molar-refractivity contribution in [2.24, 2.45) is 0 Å². The van der Waals surface area contributed by atoms with Gasteiger partial charge in [0.25, 0.3) is 11.7 Å². The highest BCUT2D eigenvalue weighted by atomic mass is 127. The number of methoxy groups -OCH3 is 2. The first-order valence-corrected chi connectivity index (χ1v) is 7.99. The van der Waals surface area contributed by atoms with Crippen LogP contribution in [-0.2, 0) is 11.3 Å². The Labute approximate surface area is 147 Å². The van der Waals surface area contributed by atoms with E-state index in [2.05, 4.69) is 22.6 Å². The van der Waals surface area contributed by atoms with Crippen molar-refractivity contribution in [3.8, 4) is 11.5 Å². The van der Waals surface area contributed by atoms with Gasteiger partial charge in [-0.2, -0.15) is 0 Å². The Bertz CT molecular complexity index is 781. The molecule has 5 nitrogen and oxygen atoms in total. The number of fused-ring (bicyclic) bond motifs is 1. The minimum atomic E-state index is -0.510. The zero-order chi connectivity index (χ0) is 16.6. The van der Waals surface area contributed by atoms with Crippen LogP contribution in [0.15, 0.2) is 36.4 Å². The second-order valence-electron chi connectivity index (χ2n) is 5.10. The number of carbonyl (C=O) groups is 2. The van der Waals surface area contributed by atoms with Gasteiger partial charge in [0.2, 0.25) is 0 Å². The van der Waals surface area contributed by atoms with Crippen molar-refractivity contribution in [2.45, 2.75) is 6.54 Å². The molecule has 0 fully saturated rings. The number of Topliss-reactive ketones (excluding diaryl/α,β-unsaturated/α-hetero) is 1. The molecule has 0 aliphatic carbocycles. The fourth-order valence-electron chi connectivity index (χ4n) is 2.57. The molecular weight excluding hydrogens is 409 g/mol. The predicted octanol–water partition coefficient (Wildman–Crippen LogP) is 3.04. The van der Waals surface area contributed by atoms with Crippen LogP contribution in [0.1, 0.15) is 15.9 Å².